The molecule has 0 unspecified atom stereocenters. The van der Waals surface area contributed by atoms with Gasteiger partial charge in [-0.2, -0.15) is 0 Å². The monoisotopic (exact) mass is 248 g/mol. The van der Waals surface area contributed by atoms with E-state index in [1.807, 2.05) is 32.1 Å². The molecule has 1 aromatic carbocycles. The molecule has 1 aromatic rings. The number of fused-ring (bicyclic) bond motifs is 1. The molecule has 4 nitrogen and oxygen atoms in total. The van der Waals surface area contributed by atoms with Gasteiger partial charge in [0.1, 0.15) is 6.29 Å². The molecule has 1 heterocycles. The fourth-order valence-electron chi connectivity index (χ4n) is 1.76. The summed E-state index contributed by atoms with van der Waals surface area (Å²) in [5.74, 6) is 2.06. The third-order valence-electron chi connectivity index (χ3n) is 2.82. The lowest BCUT2D eigenvalue weighted by Crippen LogP contribution is -1.95. The van der Waals surface area contributed by atoms with E-state index in [1.54, 1.807) is 7.11 Å². The highest BCUT2D eigenvalue weighted by Crippen LogP contribution is 2.42. The van der Waals surface area contributed by atoms with Crippen LogP contribution in [0.3, 0.4) is 0 Å². The highest BCUT2D eigenvalue weighted by Gasteiger charge is 2.19. The molecular weight excluding hydrogens is 232 g/mol. The van der Waals surface area contributed by atoms with Crippen LogP contribution in [0, 0.1) is 5.92 Å². The minimum atomic E-state index is 0.180. The van der Waals surface area contributed by atoms with Crippen LogP contribution in [-0.2, 0) is 4.79 Å². The van der Waals surface area contributed by atoms with Crippen LogP contribution in [0.1, 0.15) is 19.4 Å². The van der Waals surface area contributed by atoms with E-state index in [0.717, 1.165) is 17.4 Å². The predicted octanol–water partition coefficient (Wildman–Crippen LogP) is 2.66. The van der Waals surface area contributed by atoms with Crippen molar-refractivity contribution >= 4 is 12.4 Å². The summed E-state index contributed by atoms with van der Waals surface area (Å²) >= 11 is 0. The smallest absolute Gasteiger partial charge is 0.231 e. The van der Waals surface area contributed by atoms with Crippen LogP contribution in [0.25, 0.3) is 6.08 Å². The lowest BCUT2D eigenvalue weighted by molar-refractivity contribution is -0.105. The predicted molar refractivity (Wildman–Crippen MR) is 68.0 cm³/mol. The van der Waals surface area contributed by atoms with E-state index in [0.29, 0.717) is 17.2 Å². The van der Waals surface area contributed by atoms with E-state index in [1.165, 1.54) is 0 Å². The van der Waals surface area contributed by atoms with Crippen molar-refractivity contribution in [3.05, 3.63) is 23.3 Å². The van der Waals surface area contributed by atoms with Gasteiger partial charge >= 0.3 is 0 Å². The fraction of sp³-hybridized carbons (Fsp3) is 0.357. The number of ether oxygens (including phenoxy) is 3. The number of hydrogen-bond donors (Lipinski definition) is 0. The molecule has 0 saturated heterocycles. The lowest BCUT2D eigenvalue weighted by atomic mass is 10.0. The maximum absolute atomic E-state index is 11.0. The van der Waals surface area contributed by atoms with Crippen molar-refractivity contribution in [1.82, 2.24) is 0 Å². The lowest BCUT2D eigenvalue weighted by Gasteiger charge is -2.08. The van der Waals surface area contributed by atoms with Crippen molar-refractivity contribution in [2.24, 2.45) is 5.92 Å². The standard InChI is InChI=1S/C14H16O4/c1-9(2)11(7-15)4-10-5-12(16-3)14-13(6-10)17-8-18-14/h4-7,9H,8H2,1-3H3/b11-4-. The second-order valence-electron chi connectivity index (χ2n) is 4.37. The Morgan fingerprint density at radius 3 is 2.78 bits per heavy atom. The number of aldehydes is 1. The maximum Gasteiger partial charge on any atom is 0.231 e. The van der Waals surface area contributed by atoms with Crippen molar-refractivity contribution in [3.63, 3.8) is 0 Å². The number of rotatable bonds is 4. The molecule has 0 aliphatic carbocycles. The second kappa shape index (κ2) is 5.12. The van der Waals surface area contributed by atoms with Gasteiger partial charge in [-0.05, 0) is 35.3 Å². The quantitative estimate of drug-likeness (QED) is 0.607. The van der Waals surface area contributed by atoms with E-state index in [-0.39, 0.29) is 12.7 Å². The molecule has 0 atom stereocenters. The number of hydrogen-bond acceptors (Lipinski definition) is 4. The summed E-state index contributed by atoms with van der Waals surface area (Å²) in [7, 11) is 1.58. The zero-order valence-corrected chi connectivity index (χ0v) is 10.7. The third-order valence-corrected chi connectivity index (χ3v) is 2.82. The van der Waals surface area contributed by atoms with E-state index < -0.39 is 0 Å². The van der Waals surface area contributed by atoms with Crippen molar-refractivity contribution in [3.8, 4) is 17.2 Å². The normalized spacial score (nSPS) is 13.9. The van der Waals surface area contributed by atoms with Crippen LogP contribution in [0.5, 0.6) is 17.2 Å². The Labute approximate surface area is 106 Å². The minimum Gasteiger partial charge on any atom is -0.493 e. The molecule has 1 aliphatic heterocycles. The van der Waals surface area contributed by atoms with E-state index in [9.17, 15) is 4.79 Å². The Kier molecular flexibility index (Phi) is 3.55. The maximum atomic E-state index is 11.0. The number of allylic oxidation sites excluding steroid dienone is 1. The Hall–Kier alpha value is -1.97. The average Bonchev–Trinajstić information content (AvgIpc) is 2.82. The Balaban J connectivity index is 2.44. The Morgan fingerprint density at radius 2 is 2.17 bits per heavy atom. The van der Waals surface area contributed by atoms with Gasteiger partial charge < -0.3 is 14.2 Å². The molecule has 0 amide bonds. The molecule has 0 N–H and O–H groups in total. The topological polar surface area (TPSA) is 44.8 Å². The van der Waals surface area contributed by atoms with Gasteiger partial charge in [-0.3, -0.25) is 4.79 Å². The van der Waals surface area contributed by atoms with E-state index in [4.69, 9.17) is 14.2 Å². The van der Waals surface area contributed by atoms with Crippen molar-refractivity contribution in [2.45, 2.75) is 13.8 Å². The van der Waals surface area contributed by atoms with Gasteiger partial charge in [0.25, 0.3) is 0 Å². The third kappa shape index (κ3) is 2.32. The Morgan fingerprint density at radius 1 is 1.39 bits per heavy atom. The zero-order chi connectivity index (χ0) is 13.1. The molecule has 0 fully saturated rings. The molecule has 0 radical (unpaired) electrons. The number of carbonyl (C=O) groups excluding carboxylic acids is 1. The van der Waals surface area contributed by atoms with Gasteiger partial charge in [0.05, 0.1) is 7.11 Å². The van der Waals surface area contributed by atoms with Crippen LogP contribution >= 0.6 is 0 Å². The van der Waals surface area contributed by atoms with Gasteiger partial charge in [-0.25, -0.2) is 0 Å². The number of benzene rings is 1. The Bertz CT molecular complexity index is 489. The summed E-state index contributed by atoms with van der Waals surface area (Å²) in [6.45, 7) is 4.15. The first-order chi connectivity index (χ1) is 8.65. The summed E-state index contributed by atoms with van der Waals surface area (Å²) in [4.78, 5) is 11.0. The summed E-state index contributed by atoms with van der Waals surface area (Å²) in [5.41, 5.74) is 1.60. The van der Waals surface area contributed by atoms with Gasteiger partial charge in [0.15, 0.2) is 11.5 Å². The first-order valence-electron chi connectivity index (χ1n) is 5.80. The average molecular weight is 248 g/mol. The number of carbonyl (C=O) groups is 1. The van der Waals surface area contributed by atoms with E-state index >= 15 is 0 Å². The molecule has 0 bridgehead atoms. The van der Waals surface area contributed by atoms with Gasteiger partial charge in [0.2, 0.25) is 12.5 Å². The highest BCUT2D eigenvalue weighted by molar-refractivity contribution is 5.83. The van der Waals surface area contributed by atoms with Crippen molar-refractivity contribution in [2.75, 3.05) is 13.9 Å². The molecule has 0 spiro atoms. The summed E-state index contributed by atoms with van der Waals surface area (Å²) in [5, 5.41) is 0. The molecular formula is C14H16O4. The minimum absolute atomic E-state index is 0.180. The summed E-state index contributed by atoms with van der Waals surface area (Å²) < 4.78 is 15.9. The summed E-state index contributed by atoms with van der Waals surface area (Å²) in [6, 6.07) is 3.68. The highest BCUT2D eigenvalue weighted by atomic mass is 16.7. The van der Waals surface area contributed by atoms with Gasteiger partial charge in [0, 0.05) is 0 Å². The fourth-order valence-corrected chi connectivity index (χ4v) is 1.76. The SMILES string of the molecule is COc1cc(/C=C(/C=O)C(C)C)cc2c1OCO2. The van der Waals surface area contributed by atoms with Crippen LogP contribution in [0.4, 0.5) is 0 Å². The molecule has 4 heteroatoms. The zero-order valence-electron chi connectivity index (χ0n) is 10.7. The van der Waals surface area contributed by atoms with E-state index in [2.05, 4.69) is 0 Å². The molecule has 1 aliphatic rings. The summed E-state index contributed by atoms with van der Waals surface area (Å²) in [6.07, 6.45) is 2.71. The molecule has 0 aromatic heterocycles. The van der Waals surface area contributed by atoms with Gasteiger partial charge in [-0.15, -0.1) is 0 Å². The van der Waals surface area contributed by atoms with Crippen LogP contribution in [-0.4, -0.2) is 20.2 Å². The first-order valence-corrected chi connectivity index (χ1v) is 5.80. The van der Waals surface area contributed by atoms with Crippen molar-refractivity contribution < 1.29 is 19.0 Å². The molecule has 18 heavy (non-hydrogen) atoms. The number of methoxy groups -OCH3 is 1. The first kappa shape index (κ1) is 12.5. The van der Waals surface area contributed by atoms with Crippen molar-refractivity contribution in [1.29, 1.82) is 0 Å². The van der Waals surface area contributed by atoms with Crippen LogP contribution in [0.15, 0.2) is 17.7 Å². The molecule has 0 saturated carbocycles. The molecule has 2 rings (SSSR count). The van der Waals surface area contributed by atoms with Crippen LogP contribution in [0.2, 0.25) is 0 Å². The van der Waals surface area contributed by atoms with Gasteiger partial charge in [-0.1, -0.05) is 13.8 Å². The molecule has 96 valence electrons. The second-order valence-corrected chi connectivity index (χ2v) is 4.37. The largest absolute Gasteiger partial charge is 0.493 e. The van der Waals surface area contributed by atoms with Crippen LogP contribution < -0.4 is 14.2 Å².